The molecule has 0 heterocycles. The van der Waals surface area contributed by atoms with Gasteiger partial charge in [0, 0.05) is 18.0 Å². The Morgan fingerprint density at radius 1 is 1.15 bits per heavy atom. The number of benzene rings is 1. The van der Waals surface area contributed by atoms with E-state index in [1.165, 1.54) is 17.5 Å². The summed E-state index contributed by atoms with van der Waals surface area (Å²) >= 11 is 0. The average Bonchev–Trinajstić information content (AvgIpc) is 2.93. The highest BCUT2D eigenvalue weighted by atomic mass is 16.3. The van der Waals surface area contributed by atoms with Gasteiger partial charge in [-0.2, -0.15) is 0 Å². The number of amides is 1. The number of aryl methyl sites for hydroxylation is 2. The molecule has 1 aromatic rings. The van der Waals surface area contributed by atoms with Gasteiger partial charge in [-0.25, -0.2) is 0 Å². The quantitative estimate of drug-likeness (QED) is 0.888. The van der Waals surface area contributed by atoms with E-state index in [1.807, 2.05) is 12.1 Å². The van der Waals surface area contributed by atoms with Gasteiger partial charge in [0.2, 0.25) is 0 Å². The van der Waals surface area contributed by atoms with Crippen LogP contribution >= 0.6 is 0 Å². The van der Waals surface area contributed by atoms with Crippen molar-refractivity contribution in [3.05, 3.63) is 34.9 Å². The Morgan fingerprint density at radius 2 is 1.95 bits per heavy atom. The maximum absolute atomic E-state index is 12.2. The molecule has 2 aliphatic carbocycles. The molecular formula is C17H23NO2. The van der Waals surface area contributed by atoms with Crippen molar-refractivity contribution in [2.24, 2.45) is 5.92 Å². The van der Waals surface area contributed by atoms with Crippen molar-refractivity contribution in [3.8, 4) is 0 Å². The van der Waals surface area contributed by atoms with Crippen LogP contribution in [0.3, 0.4) is 0 Å². The van der Waals surface area contributed by atoms with Crippen molar-refractivity contribution in [1.29, 1.82) is 0 Å². The molecule has 0 radical (unpaired) electrons. The molecule has 3 rings (SSSR count). The van der Waals surface area contributed by atoms with Gasteiger partial charge in [0.1, 0.15) is 0 Å². The monoisotopic (exact) mass is 273 g/mol. The highest BCUT2D eigenvalue weighted by Crippen LogP contribution is 2.24. The molecule has 0 bridgehead atoms. The predicted molar refractivity (Wildman–Crippen MR) is 78.8 cm³/mol. The van der Waals surface area contributed by atoms with Gasteiger partial charge in [0.05, 0.1) is 6.10 Å². The van der Waals surface area contributed by atoms with Crippen LogP contribution in [0.5, 0.6) is 0 Å². The van der Waals surface area contributed by atoms with E-state index in [0.29, 0.717) is 6.54 Å². The second-order valence-electron chi connectivity index (χ2n) is 6.16. The summed E-state index contributed by atoms with van der Waals surface area (Å²) in [5, 5.41) is 12.9. The van der Waals surface area contributed by atoms with Crippen molar-refractivity contribution in [1.82, 2.24) is 5.32 Å². The van der Waals surface area contributed by atoms with Crippen LogP contribution in [-0.2, 0) is 12.8 Å². The SMILES string of the molecule is O=C(NCC1CCCCC1O)c1ccc2c(c1)CCC2. The summed E-state index contributed by atoms with van der Waals surface area (Å²) in [6.07, 6.45) is 7.36. The zero-order valence-electron chi connectivity index (χ0n) is 11.9. The highest BCUT2D eigenvalue weighted by molar-refractivity contribution is 5.94. The van der Waals surface area contributed by atoms with E-state index >= 15 is 0 Å². The van der Waals surface area contributed by atoms with Gasteiger partial charge >= 0.3 is 0 Å². The number of hydrogen-bond acceptors (Lipinski definition) is 2. The van der Waals surface area contributed by atoms with Crippen LogP contribution in [0.25, 0.3) is 0 Å². The first-order valence-corrected chi connectivity index (χ1v) is 7.82. The second kappa shape index (κ2) is 5.96. The van der Waals surface area contributed by atoms with Crippen LogP contribution in [0, 0.1) is 5.92 Å². The van der Waals surface area contributed by atoms with Gasteiger partial charge in [0.15, 0.2) is 0 Å². The topological polar surface area (TPSA) is 49.3 Å². The molecule has 1 saturated carbocycles. The number of rotatable bonds is 3. The molecule has 2 unspecified atom stereocenters. The lowest BCUT2D eigenvalue weighted by Crippen LogP contribution is -2.36. The summed E-state index contributed by atoms with van der Waals surface area (Å²) in [7, 11) is 0. The number of fused-ring (bicyclic) bond motifs is 1. The van der Waals surface area contributed by atoms with E-state index in [2.05, 4.69) is 11.4 Å². The second-order valence-corrected chi connectivity index (χ2v) is 6.16. The number of aliphatic hydroxyl groups excluding tert-OH is 1. The molecule has 108 valence electrons. The Hall–Kier alpha value is -1.35. The van der Waals surface area contributed by atoms with Crippen molar-refractivity contribution >= 4 is 5.91 Å². The largest absolute Gasteiger partial charge is 0.393 e. The number of nitrogens with one attached hydrogen (secondary N) is 1. The minimum Gasteiger partial charge on any atom is -0.393 e. The average molecular weight is 273 g/mol. The number of carbonyl (C=O) groups excluding carboxylic acids is 1. The van der Waals surface area contributed by atoms with Crippen molar-refractivity contribution in [2.45, 2.75) is 51.0 Å². The van der Waals surface area contributed by atoms with Gasteiger partial charge in [-0.15, -0.1) is 0 Å². The van der Waals surface area contributed by atoms with Crippen molar-refractivity contribution in [2.75, 3.05) is 6.54 Å². The van der Waals surface area contributed by atoms with E-state index in [4.69, 9.17) is 0 Å². The molecular weight excluding hydrogens is 250 g/mol. The Labute approximate surface area is 120 Å². The lowest BCUT2D eigenvalue weighted by Gasteiger charge is -2.27. The number of hydrogen-bond donors (Lipinski definition) is 2. The molecule has 0 spiro atoms. The summed E-state index contributed by atoms with van der Waals surface area (Å²) in [5.74, 6) is 0.222. The predicted octanol–water partition coefficient (Wildman–Crippen LogP) is 2.46. The van der Waals surface area contributed by atoms with Gasteiger partial charge in [-0.1, -0.05) is 18.9 Å². The zero-order chi connectivity index (χ0) is 13.9. The van der Waals surface area contributed by atoms with Crippen LogP contribution in [0.4, 0.5) is 0 Å². The Morgan fingerprint density at radius 3 is 2.80 bits per heavy atom. The Kier molecular flexibility index (Phi) is 4.06. The zero-order valence-corrected chi connectivity index (χ0v) is 11.9. The normalized spacial score (nSPS) is 25.2. The van der Waals surface area contributed by atoms with E-state index < -0.39 is 0 Å². The van der Waals surface area contributed by atoms with E-state index in [-0.39, 0.29) is 17.9 Å². The molecule has 2 aliphatic rings. The van der Waals surface area contributed by atoms with Crippen LogP contribution in [0.2, 0.25) is 0 Å². The third-order valence-corrected chi connectivity index (χ3v) is 4.75. The van der Waals surface area contributed by atoms with Gasteiger partial charge in [-0.05, 0) is 55.4 Å². The molecule has 3 nitrogen and oxygen atoms in total. The number of carbonyl (C=O) groups is 1. The first kappa shape index (κ1) is 13.6. The fourth-order valence-electron chi connectivity index (χ4n) is 3.47. The standard InChI is InChI=1S/C17H23NO2/c19-16-7-2-1-4-15(16)11-18-17(20)14-9-8-12-5-3-6-13(12)10-14/h8-10,15-16,19H,1-7,11H2,(H,18,20). The molecule has 2 N–H and O–H groups in total. The first-order valence-electron chi connectivity index (χ1n) is 7.82. The van der Waals surface area contributed by atoms with Crippen molar-refractivity contribution < 1.29 is 9.90 Å². The highest BCUT2D eigenvalue weighted by Gasteiger charge is 2.23. The van der Waals surface area contributed by atoms with Gasteiger partial charge in [-0.3, -0.25) is 4.79 Å². The minimum atomic E-state index is -0.246. The van der Waals surface area contributed by atoms with Crippen molar-refractivity contribution in [3.63, 3.8) is 0 Å². The summed E-state index contributed by atoms with van der Waals surface area (Å²) in [4.78, 5) is 12.2. The molecule has 20 heavy (non-hydrogen) atoms. The van der Waals surface area contributed by atoms with E-state index in [0.717, 1.165) is 44.1 Å². The van der Waals surface area contributed by atoms with E-state index in [9.17, 15) is 9.90 Å². The third kappa shape index (κ3) is 2.88. The molecule has 2 atom stereocenters. The number of aliphatic hydroxyl groups is 1. The molecule has 1 aromatic carbocycles. The lowest BCUT2D eigenvalue weighted by molar-refractivity contribution is 0.0663. The Bertz CT molecular complexity index is 498. The molecule has 0 saturated heterocycles. The third-order valence-electron chi connectivity index (χ3n) is 4.75. The van der Waals surface area contributed by atoms with Gasteiger partial charge in [0.25, 0.3) is 5.91 Å². The summed E-state index contributed by atoms with van der Waals surface area (Å²) < 4.78 is 0. The maximum Gasteiger partial charge on any atom is 0.251 e. The minimum absolute atomic E-state index is 0.00234. The summed E-state index contributed by atoms with van der Waals surface area (Å²) in [6.45, 7) is 0.594. The molecule has 3 heteroatoms. The molecule has 0 aromatic heterocycles. The fourth-order valence-corrected chi connectivity index (χ4v) is 3.47. The van der Waals surface area contributed by atoms with E-state index in [1.54, 1.807) is 0 Å². The fraction of sp³-hybridized carbons (Fsp3) is 0.588. The molecule has 0 aliphatic heterocycles. The van der Waals surface area contributed by atoms with Crippen LogP contribution in [0.1, 0.15) is 53.6 Å². The lowest BCUT2D eigenvalue weighted by atomic mass is 9.86. The van der Waals surface area contributed by atoms with Crippen LogP contribution < -0.4 is 5.32 Å². The molecule has 1 amide bonds. The molecule has 1 fully saturated rings. The van der Waals surface area contributed by atoms with Crippen LogP contribution in [-0.4, -0.2) is 23.7 Å². The smallest absolute Gasteiger partial charge is 0.251 e. The summed E-state index contributed by atoms with van der Waals surface area (Å²) in [6, 6.07) is 6.05. The first-order chi connectivity index (χ1) is 9.74. The Balaban J connectivity index is 1.59. The van der Waals surface area contributed by atoms with Gasteiger partial charge < -0.3 is 10.4 Å². The van der Waals surface area contributed by atoms with Crippen LogP contribution in [0.15, 0.2) is 18.2 Å². The summed E-state index contributed by atoms with van der Waals surface area (Å²) in [5.41, 5.74) is 3.48. The maximum atomic E-state index is 12.2.